The average molecular weight is 224 g/mol. The molecular weight excluding hydrogens is 208 g/mol. The van der Waals surface area contributed by atoms with E-state index in [0.717, 1.165) is 6.29 Å². The summed E-state index contributed by atoms with van der Waals surface area (Å²) in [6.45, 7) is 4.79. The highest BCUT2D eigenvalue weighted by molar-refractivity contribution is 5.82. The van der Waals surface area contributed by atoms with Gasteiger partial charge in [0.05, 0.1) is 25.9 Å². The lowest BCUT2D eigenvalue weighted by atomic mass is 10.2. The highest BCUT2D eigenvalue weighted by Gasteiger charge is 2.12. The minimum Gasteiger partial charge on any atom is -0.494 e. The minimum absolute atomic E-state index is 0.428. The summed E-state index contributed by atoms with van der Waals surface area (Å²) in [5, 5.41) is 0. The molecule has 0 spiro atoms. The van der Waals surface area contributed by atoms with Gasteiger partial charge in [0.1, 0.15) is 5.75 Å². The number of rotatable bonds is 6. The Hall–Kier alpha value is -1.71. The summed E-state index contributed by atoms with van der Waals surface area (Å²) in [4.78, 5) is 10.9. The Bertz CT molecular complexity index is 360. The van der Waals surface area contributed by atoms with Gasteiger partial charge in [0.2, 0.25) is 0 Å². The van der Waals surface area contributed by atoms with Crippen LogP contribution < -0.4 is 14.2 Å². The van der Waals surface area contributed by atoms with Gasteiger partial charge in [0, 0.05) is 6.07 Å². The molecule has 0 fully saturated rings. The van der Waals surface area contributed by atoms with Crippen molar-refractivity contribution in [2.75, 3.05) is 20.3 Å². The summed E-state index contributed by atoms with van der Waals surface area (Å²) in [5.41, 5.74) is 0.428. The van der Waals surface area contributed by atoms with Gasteiger partial charge in [0.15, 0.2) is 17.8 Å². The van der Waals surface area contributed by atoms with Crippen LogP contribution in [0.3, 0.4) is 0 Å². The monoisotopic (exact) mass is 224 g/mol. The fourth-order valence-electron chi connectivity index (χ4n) is 1.42. The number of methoxy groups -OCH3 is 1. The van der Waals surface area contributed by atoms with Crippen LogP contribution in [0.4, 0.5) is 0 Å². The van der Waals surface area contributed by atoms with Gasteiger partial charge in [0.25, 0.3) is 0 Å². The van der Waals surface area contributed by atoms with E-state index in [2.05, 4.69) is 0 Å². The number of aldehydes is 1. The van der Waals surface area contributed by atoms with Crippen LogP contribution in [0.25, 0.3) is 0 Å². The van der Waals surface area contributed by atoms with E-state index in [1.165, 1.54) is 7.11 Å². The molecule has 0 N–H and O–H groups in total. The maximum absolute atomic E-state index is 10.9. The Kier molecular flexibility index (Phi) is 4.64. The van der Waals surface area contributed by atoms with Gasteiger partial charge in [-0.05, 0) is 19.9 Å². The van der Waals surface area contributed by atoms with E-state index in [1.807, 2.05) is 13.8 Å². The van der Waals surface area contributed by atoms with E-state index in [4.69, 9.17) is 14.2 Å². The number of benzene rings is 1. The van der Waals surface area contributed by atoms with Gasteiger partial charge in [-0.25, -0.2) is 0 Å². The van der Waals surface area contributed by atoms with Crippen LogP contribution in [0.15, 0.2) is 12.1 Å². The summed E-state index contributed by atoms with van der Waals surface area (Å²) < 4.78 is 15.9. The van der Waals surface area contributed by atoms with Crippen molar-refractivity contribution >= 4 is 6.29 Å². The quantitative estimate of drug-likeness (QED) is 0.695. The second kappa shape index (κ2) is 6.00. The van der Waals surface area contributed by atoms with Crippen LogP contribution >= 0.6 is 0 Å². The molecule has 1 rings (SSSR count). The third kappa shape index (κ3) is 2.66. The van der Waals surface area contributed by atoms with E-state index in [1.54, 1.807) is 12.1 Å². The molecule has 0 unspecified atom stereocenters. The highest BCUT2D eigenvalue weighted by Crippen LogP contribution is 2.34. The summed E-state index contributed by atoms with van der Waals surface area (Å²) in [7, 11) is 1.51. The predicted octanol–water partition coefficient (Wildman–Crippen LogP) is 2.31. The van der Waals surface area contributed by atoms with Crippen LogP contribution in [0.2, 0.25) is 0 Å². The molecule has 0 aliphatic carbocycles. The van der Waals surface area contributed by atoms with E-state index in [0.29, 0.717) is 36.0 Å². The topological polar surface area (TPSA) is 44.8 Å². The number of carbonyl (C=O) groups is 1. The molecule has 4 heteroatoms. The zero-order valence-electron chi connectivity index (χ0n) is 9.78. The molecule has 0 amide bonds. The number of hydrogen-bond donors (Lipinski definition) is 0. The summed E-state index contributed by atoms with van der Waals surface area (Å²) in [6.07, 6.45) is 0.726. The Morgan fingerprint density at radius 2 is 1.88 bits per heavy atom. The molecule has 0 heterocycles. The largest absolute Gasteiger partial charge is 0.494 e. The lowest BCUT2D eigenvalue weighted by molar-refractivity contribution is 0.111. The van der Waals surface area contributed by atoms with Gasteiger partial charge in [-0.15, -0.1) is 0 Å². The number of carbonyl (C=O) groups excluding carboxylic acids is 1. The van der Waals surface area contributed by atoms with Crippen LogP contribution in [-0.4, -0.2) is 26.6 Å². The van der Waals surface area contributed by atoms with E-state index >= 15 is 0 Å². The Morgan fingerprint density at radius 3 is 2.38 bits per heavy atom. The van der Waals surface area contributed by atoms with Crippen molar-refractivity contribution in [3.8, 4) is 17.2 Å². The first kappa shape index (κ1) is 12.4. The Labute approximate surface area is 95.1 Å². The molecule has 16 heavy (non-hydrogen) atoms. The summed E-state index contributed by atoms with van der Waals surface area (Å²) in [6, 6.07) is 3.36. The molecule has 0 atom stereocenters. The Morgan fingerprint density at radius 1 is 1.19 bits per heavy atom. The first-order valence-electron chi connectivity index (χ1n) is 5.19. The SMILES string of the molecule is CCOc1cc(C=O)c(OC)c(OCC)c1. The molecule has 0 aliphatic rings. The fourth-order valence-corrected chi connectivity index (χ4v) is 1.42. The molecule has 0 radical (unpaired) electrons. The molecular formula is C12H16O4. The lowest BCUT2D eigenvalue weighted by Crippen LogP contribution is -2.00. The standard InChI is InChI=1S/C12H16O4/c1-4-15-10-6-9(8-13)12(14-3)11(7-10)16-5-2/h6-8H,4-5H2,1-3H3. The lowest BCUT2D eigenvalue weighted by Gasteiger charge is -2.13. The zero-order chi connectivity index (χ0) is 12.0. The maximum atomic E-state index is 10.9. The molecule has 0 saturated heterocycles. The van der Waals surface area contributed by atoms with Crippen molar-refractivity contribution in [2.45, 2.75) is 13.8 Å². The summed E-state index contributed by atoms with van der Waals surface area (Å²) >= 11 is 0. The molecule has 0 bridgehead atoms. The van der Waals surface area contributed by atoms with Crippen LogP contribution in [0.5, 0.6) is 17.2 Å². The average Bonchev–Trinajstić information content (AvgIpc) is 2.29. The van der Waals surface area contributed by atoms with Crippen molar-refractivity contribution in [1.29, 1.82) is 0 Å². The third-order valence-corrected chi connectivity index (χ3v) is 2.00. The Balaban J connectivity index is 3.19. The van der Waals surface area contributed by atoms with E-state index in [-0.39, 0.29) is 0 Å². The molecule has 0 aromatic heterocycles. The van der Waals surface area contributed by atoms with Crippen molar-refractivity contribution < 1.29 is 19.0 Å². The molecule has 0 saturated carbocycles. The predicted molar refractivity (Wildman–Crippen MR) is 60.7 cm³/mol. The van der Waals surface area contributed by atoms with E-state index in [9.17, 15) is 4.79 Å². The fraction of sp³-hybridized carbons (Fsp3) is 0.417. The zero-order valence-corrected chi connectivity index (χ0v) is 9.78. The molecule has 0 aliphatic heterocycles. The van der Waals surface area contributed by atoms with Gasteiger partial charge in [-0.3, -0.25) is 4.79 Å². The smallest absolute Gasteiger partial charge is 0.171 e. The van der Waals surface area contributed by atoms with Crippen molar-refractivity contribution in [3.63, 3.8) is 0 Å². The highest BCUT2D eigenvalue weighted by atomic mass is 16.5. The van der Waals surface area contributed by atoms with E-state index < -0.39 is 0 Å². The first-order valence-corrected chi connectivity index (χ1v) is 5.19. The number of hydrogen-bond acceptors (Lipinski definition) is 4. The van der Waals surface area contributed by atoms with Crippen molar-refractivity contribution in [3.05, 3.63) is 17.7 Å². The molecule has 88 valence electrons. The second-order valence-corrected chi connectivity index (χ2v) is 3.03. The third-order valence-electron chi connectivity index (χ3n) is 2.00. The van der Waals surface area contributed by atoms with Crippen LogP contribution in [0, 0.1) is 0 Å². The van der Waals surface area contributed by atoms with Gasteiger partial charge in [-0.1, -0.05) is 0 Å². The normalized spacial score (nSPS) is 9.69. The molecule has 1 aromatic rings. The van der Waals surface area contributed by atoms with Crippen LogP contribution in [-0.2, 0) is 0 Å². The summed E-state index contributed by atoms with van der Waals surface area (Å²) in [5.74, 6) is 1.58. The van der Waals surface area contributed by atoms with Gasteiger partial charge in [-0.2, -0.15) is 0 Å². The van der Waals surface area contributed by atoms with Crippen molar-refractivity contribution in [1.82, 2.24) is 0 Å². The second-order valence-electron chi connectivity index (χ2n) is 3.03. The van der Waals surface area contributed by atoms with Gasteiger partial charge < -0.3 is 14.2 Å². The van der Waals surface area contributed by atoms with Crippen molar-refractivity contribution in [2.24, 2.45) is 0 Å². The number of ether oxygens (including phenoxy) is 3. The first-order chi connectivity index (χ1) is 7.76. The molecule has 4 nitrogen and oxygen atoms in total. The molecule has 1 aromatic carbocycles. The maximum Gasteiger partial charge on any atom is 0.171 e. The minimum atomic E-state index is 0.428. The van der Waals surface area contributed by atoms with Gasteiger partial charge >= 0.3 is 0 Å². The van der Waals surface area contributed by atoms with Crippen LogP contribution in [0.1, 0.15) is 24.2 Å².